The second-order valence-corrected chi connectivity index (χ2v) is 7.68. The van der Waals surface area contributed by atoms with Crippen molar-refractivity contribution in [2.24, 2.45) is 11.8 Å². The standard InChI is InChI=1S/C8H15ClO2S2/c1-7(6-13(9,10)11)8-2-4-12-5-3-8/h7-8H,2-6H2,1H3. The molecule has 1 aliphatic heterocycles. The van der Waals surface area contributed by atoms with E-state index in [0.717, 1.165) is 24.3 Å². The molecule has 1 unspecified atom stereocenters. The van der Waals surface area contributed by atoms with Crippen LogP contribution in [0, 0.1) is 11.8 Å². The maximum absolute atomic E-state index is 10.8. The van der Waals surface area contributed by atoms with Gasteiger partial charge in [-0.2, -0.15) is 11.8 Å². The highest BCUT2D eigenvalue weighted by Crippen LogP contribution is 2.29. The van der Waals surface area contributed by atoms with Crippen molar-refractivity contribution in [3.8, 4) is 0 Å². The molecule has 1 saturated heterocycles. The van der Waals surface area contributed by atoms with Gasteiger partial charge in [0.15, 0.2) is 0 Å². The van der Waals surface area contributed by atoms with Gasteiger partial charge < -0.3 is 0 Å². The van der Waals surface area contributed by atoms with E-state index in [2.05, 4.69) is 0 Å². The maximum atomic E-state index is 10.8. The average molecular weight is 243 g/mol. The number of halogens is 1. The van der Waals surface area contributed by atoms with E-state index < -0.39 is 9.05 Å². The third kappa shape index (κ3) is 4.56. The van der Waals surface area contributed by atoms with Crippen molar-refractivity contribution in [3.63, 3.8) is 0 Å². The Morgan fingerprint density at radius 1 is 1.46 bits per heavy atom. The SMILES string of the molecule is CC(CS(=O)(=O)Cl)C1CCSCC1. The van der Waals surface area contributed by atoms with Crippen molar-refractivity contribution >= 4 is 31.5 Å². The van der Waals surface area contributed by atoms with Crippen LogP contribution in [0.4, 0.5) is 0 Å². The van der Waals surface area contributed by atoms with Gasteiger partial charge in [-0.05, 0) is 36.2 Å². The first kappa shape index (κ1) is 11.7. The maximum Gasteiger partial charge on any atom is 0.232 e. The van der Waals surface area contributed by atoms with Gasteiger partial charge in [-0.15, -0.1) is 0 Å². The summed E-state index contributed by atoms with van der Waals surface area (Å²) in [6, 6.07) is 0. The molecular weight excluding hydrogens is 228 g/mol. The fourth-order valence-corrected chi connectivity index (χ4v) is 4.37. The fraction of sp³-hybridized carbons (Fsp3) is 1.00. The molecule has 0 N–H and O–H groups in total. The molecule has 0 aliphatic carbocycles. The molecule has 0 saturated carbocycles. The summed E-state index contributed by atoms with van der Waals surface area (Å²) in [4.78, 5) is 0. The summed E-state index contributed by atoms with van der Waals surface area (Å²) in [7, 11) is 1.91. The fourth-order valence-electron chi connectivity index (χ4n) is 1.73. The highest BCUT2D eigenvalue weighted by molar-refractivity contribution is 8.13. The highest BCUT2D eigenvalue weighted by Gasteiger charge is 2.23. The second-order valence-electron chi connectivity index (χ2n) is 3.63. The monoisotopic (exact) mass is 242 g/mol. The third-order valence-corrected chi connectivity index (χ3v) is 4.88. The summed E-state index contributed by atoms with van der Waals surface area (Å²) in [6.45, 7) is 1.99. The van der Waals surface area contributed by atoms with E-state index in [9.17, 15) is 8.42 Å². The molecule has 5 heteroatoms. The molecule has 0 aromatic carbocycles. The number of hydrogen-bond acceptors (Lipinski definition) is 3. The predicted molar refractivity (Wildman–Crippen MR) is 58.9 cm³/mol. The van der Waals surface area contributed by atoms with Crippen LogP contribution < -0.4 is 0 Å². The normalized spacial score (nSPS) is 22.9. The van der Waals surface area contributed by atoms with Gasteiger partial charge >= 0.3 is 0 Å². The molecule has 0 amide bonds. The molecule has 0 bridgehead atoms. The van der Waals surface area contributed by atoms with Crippen LogP contribution in [0.5, 0.6) is 0 Å². The summed E-state index contributed by atoms with van der Waals surface area (Å²) in [6.07, 6.45) is 2.27. The Bertz CT molecular complexity index is 245. The van der Waals surface area contributed by atoms with Gasteiger partial charge in [-0.3, -0.25) is 0 Å². The van der Waals surface area contributed by atoms with Gasteiger partial charge in [-0.25, -0.2) is 8.42 Å². The molecular formula is C8H15ClO2S2. The first-order valence-electron chi connectivity index (χ1n) is 4.49. The van der Waals surface area contributed by atoms with Crippen molar-refractivity contribution in [1.29, 1.82) is 0 Å². The zero-order valence-corrected chi connectivity index (χ0v) is 10.1. The van der Waals surface area contributed by atoms with E-state index in [1.165, 1.54) is 0 Å². The van der Waals surface area contributed by atoms with E-state index >= 15 is 0 Å². The summed E-state index contributed by atoms with van der Waals surface area (Å²) < 4.78 is 21.7. The minimum Gasteiger partial charge on any atom is -0.212 e. The van der Waals surface area contributed by atoms with Gasteiger partial charge in [0, 0.05) is 10.7 Å². The minimum absolute atomic E-state index is 0.129. The van der Waals surface area contributed by atoms with Crippen molar-refractivity contribution < 1.29 is 8.42 Å². The Kier molecular flexibility index (Phi) is 4.39. The van der Waals surface area contributed by atoms with E-state index in [-0.39, 0.29) is 11.7 Å². The van der Waals surface area contributed by atoms with Crippen molar-refractivity contribution in [1.82, 2.24) is 0 Å². The van der Waals surface area contributed by atoms with Crippen molar-refractivity contribution in [3.05, 3.63) is 0 Å². The van der Waals surface area contributed by atoms with Crippen LogP contribution in [0.2, 0.25) is 0 Å². The first-order chi connectivity index (χ1) is 5.99. The summed E-state index contributed by atoms with van der Waals surface area (Å²) >= 11 is 1.95. The van der Waals surface area contributed by atoms with E-state index in [1.54, 1.807) is 0 Å². The van der Waals surface area contributed by atoms with Crippen LogP contribution in [0.25, 0.3) is 0 Å². The lowest BCUT2D eigenvalue weighted by molar-refractivity contribution is 0.362. The second kappa shape index (κ2) is 4.89. The topological polar surface area (TPSA) is 34.1 Å². The summed E-state index contributed by atoms with van der Waals surface area (Å²) in [5.74, 6) is 3.22. The summed E-state index contributed by atoms with van der Waals surface area (Å²) in [5.41, 5.74) is 0. The van der Waals surface area contributed by atoms with E-state index in [4.69, 9.17) is 10.7 Å². The molecule has 0 aromatic heterocycles. The van der Waals surface area contributed by atoms with Crippen LogP contribution in [0.1, 0.15) is 19.8 Å². The quantitative estimate of drug-likeness (QED) is 0.713. The van der Waals surface area contributed by atoms with Crippen LogP contribution in [0.15, 0.2) is 0 Å². The Morgan fingerprint density at radius 2 is 2.00 bits per heavy atom. The lowest BCUT2D eigenvalue weighted by Gasteiger charge is -2.26. The van der Waals surface area contributed by atoms with E-state index in [1.807, 2.05) is 18.7 Å². The third-order valence-electron chi connectivity index (χ3n) is 2.53. The molecule has 2 nitrogen and oxygen atoms in total. The zero-order chi connectivity index (χ0) is 9.90. The molecule has 1 heterocycles. The molecule has 0 spiro atoms. The van der Waals surface area contributed by atoms with Gasteiger partial charge in [0.25, 0.3) is 0 Å². The van der Waals surface area contributed by atoms with Crippen LogP contribution >= 0.6 is 22.4 Å². The Hall–Kier alpha value is 0.590. The molecule has 1 atom stereocenters. The molecule has 0 radical (unpaired) electrons. The molecule has 78 valence electrons. The first-order valence-corrected chi connectivity index (χ1v) is 8.12. The lowest BCUT2D eigenvalue weighted by Crippen LogP contribution is -2.22. The number of thioether (sulfide) groups is 1. The van der Waals surface area contributed by atoms with Gasteiger partial charge in [0.2, 0.25) is 9.05 Å². The van der Waals surface area contributed by atoms with E-state index in [0.29, 0.717) is 5.92 Å². The number of rotatable bonds is 3. The highest BCUT2D eigenvalue weighted by atomic mass is 35.7. The largest absolute Gasteiger partial charge is 0.232 e. The van der Waals surface area contributed by atoms with Crippen LogP contribution in [-0.4, -0.2) is 25.7 Å². The van der Waals surface area contributed by atoms with Crippen LogP contribution in [0.3, 0.4) is 0 Å². The molecule has 0 aromatic rings. The Labute approximate surface area is 88.8 Å². The van der Waals surface area contributed by atoms with Crippen LogP contribution in [-0.2, 0) is 9.05 Å². The Balaban J connectivity index is 2.42. The zero-order valence-electron chi connectivity index (χ0n) is 7.70. The lowest BCUT2D eigenvalue weighted by atomic mass is 9.90. The Morgan fingerprint density at radius 3 is 2.46 bits per heavy atom. The molecule has 1 rings (SSSR count). The molecule has 1 fully saturated rings. The van der Waals surface area contributed by atoms with Gasteiger partial charge in [0.05, 0.1) is 5.75 Å². The minimum atomic E-state index is -3.31. The average Bonchev–Trinajstić information content (AvgIpc) is 2.03. The smallest absolute Gasteiger partial charge is 0.212 e. The molecule has 1 aliphatic rings. The van der Waals surface area contributed by atoms with Gasteiger partial charge in [-0.1, -0.05) is 6.92 Å². The number of hydrogen-bond donors (Lipinski definition) is 0. The van der Waals surface area contributed by atoms with Crippen molar-refractivity contribution in [2.75, 3.05) is 17.3 Å². The van der Waals surface area contributed by atoms with Crippen molar-refractivity contribution in [2.45, 2.75) is 19.8 Å². The van der Waals surface area contributed by atoms with Gasteiger partial charge in [0.1, 0.15) is 0 Å². The molecule has 13 heavy (non-hydrogen) atoms. The predicted octanol–water partition coefficient (Wildman–Crippen LogP) is 2.33. The summed E-state index contributed by atoms with van der Waals surface area (Å²) in [5, 5.41) is 0.